The first-order valence-electron chi connectivity index (χ1n) is 18.5. The van der Waals surface area contributed by atoms with Crippen LogP contribution in [0.3, 0.4) is 0 Å². The van der Waals surface area contributed by atoms with Gasteiger partial charge in [0.15, 0.2) is 0 Å². The zero-order valence-electron chi connectivity index (χ0n) is 31.4. The van der Waals surface area contributed by atoms with Gasteiger partial charge in [-0.3, -0.25) is 0 Å². The first-order valence-corrected chi connectivity index (χ1v) is 18.5. The van der Waals surface area contributed by atoms with Crippen LogP contribution in [0.5, 0.6) is 0 Å². The van der Waals surface area contributed by atoms with Crippen LogP contribution in [0.4, 0.5) is 0 Å². The van der Waals surface area contributed by atoms with Gasteiger partial charge in [0.2, 0.25) is 0 Å². The second-order valence-electron chi connectivity index (χ2n) is 13.9. The van der Waals surface area contributed by atoms with Crippen molar-refractivity contribution in [3.63, 3.8) is 0 Å². The van der Waals surface area contributed by atoms with E-state index in [1.807, 2.05) is 48.6 Å². The minimum atomic E-state index is -1.32. The number of hydrogen-bond acceptors (Lipinski definition) is 8. The number of rotatable bonds is 6. The van der Waals surface area contributed by atoms with E-state index >= 15 is 0 Å². The van der Waals surface area contributed by atoms with Crippen molar-refractivity contribution in [1.82, 2.24) is 4.98 Å². The van der Waals surface area contributed by atoms with Gasteiger partial charge in [-0.05, 0) is 112 Å². The molecule has 8 bridgehead atoms. The van der Waals surface area contributed by atoms with Gasteiger partial charge in [0.25, 0.3) is 0 Å². The van der Waals surface area contributed by atoms with Gasteiger partial charge in [0.1, 0.15) is 0 Å². The molecule has 61 heavy (non-hydrogen) atoms. The number of nitrogens with one attached hydrogen (secondary N) is 1. The molecule has 0 saturated carbocycles. The summed E-state index contributed by atoms with van der Waals surface area (Å²) >= 11 is 0. The van der Waals surface area contributed by atoms with E-state index in [-0.39, 0.29) is 39.0 Å². The normalized spacial score (nSPS) is 15.1. The molecule has 296 valence electrons. The number of carboxylic acids is 3. The van der Waals surface area contributed by atoms with Gasteiger partial charge in [-0.25, -0.2) is 29.4 Å². The van der Waals surface area contributed by atoms with Crippen LogP contribution < -0.4 is 20.7 Å². The number of aliphatic imine (C=N–C) groups is 3. The van der Waals surface area contributed by atoms with E-state index < -0.39 is 23.9 Å². The Labute approximate surface area is 356 Å². The van der Waals surface area contributed by atoms with Gasteiger partial charge in [-0.1, -0.05) is 60.7 Å². The van der Waals surface area contributed by atoms with Crippen molar-refractivity contribution >= 4 is 63.3 Å². The first kappa shape index (κ1) is 39.7. The molecule has 0 unspecified atom stereocenters. The number of aromatic nitrogens is 1. The summed E-state index contributed by atoms with van der Waals surface area (Å²) in [6, 6.07) is 29.3. The quantitative estimate of drug-likeness (QED) is 0.175. The molecule has 4 N–H and O–H groups in total. The Morgan fingerprint density at radius 3 is 1.13 bits per heavy atom. The number of H-pyrrole nitrogens is 1. The molecule has 0 amide bonds. The van der Waals surface area contributed by atoms with Crippen molar-refractivity contribution in [1.29, 1.82) is 0 Å². The summed E-state index contributed by atoms with van der Waals surface area (Å²) in [5.41, 5.74) is 9.22. The third kappa shape index (κ3) is 7.42. The maximum Gasteiger partial charge on any atom is 2.00 e. The maximum atomic E-state index is 11.8. The predicted octanol–water partition coefficient (Wildman–Crippen LogP) is 4.72. The SMILES string of the molecule is O=C(O)c1ccc(C2=C3C=CC(=N3)C(=c3ccc(=C([O-])[O-])cc3)C3=NC(=C(c4ccc(C(=O)O)cc4)c4ccc([nH]4)C(c4ccc(C(=O)O)cc4)=C4C=CC2=N4)C=C3)cc1.[Fe+2]. The Kier molecular flexibility index (Phi) is 10.4. The fourth-order valence-electron chi connectivity index (χ4n) is 7.46. The summed E-state index contributed by atoms with van der Waals surface area (Å²) in [6.45, 7) is 0. The van der Waals surface area contributed by atoms with Crippen molar-refractivity contribution in [2.24, 2.45) is 15.0 Å². The van der Waals surface area contributed by atoms with Crippen LogP contribution in [-0.4, -0.2) is 55.3 Å². The number of allylic oxidation sites excluding steroid dienone is 7. The molecule has 0 aliphatic carbocycles. The van der Waals surface area contributed by atoms with Crippen LogP contribution in [0.1, 0.15) is 59.2 Å². The second-order valence-corrected chi connectivity index (χ2v) is 13.9. The van der Waals surface area contributed by atoms with Crippen molar-refractivity contribution in [3.05, 3.63) is 218 Å². The Morgan fingerprint density at radius 1 is 0.426 bits per heavy atom. The molecule has 4 aromatic carbocycles. The third-order valence-corrected chi connectivity index (χ3v) is 10.4. The predicted molar refractivity (Wildman–Crippen MR) is 222 cm³/mol. The minimum absolute atomic E-state index is 0. The molecule has 12 nitrogen and oxygen atoms in total. The topological polar surface area (TPSA) is 211 Å². The second kappa shape index (κ2) is 15.9. The van der Waals surface area contributed by atoms with E-state index in [1.165, 1.54) is 48.5 Å². The van der Waals surface area contributed by atoms with Crippen LogP contribution in [0.15, 0.2) is 178 Å². The fraction of sp³-hybridized carbons (Fsp3) is 0. The molecule has 13 heteroatoms. The average molecular weight is 845 g/mol. The average Bonchev–Trinajstić information content (AvgIpc) is 4.10. The molecule has 1 aromatic heterocycles. The number of carbonyl (C=O) groups is 3. The van der Waals surface area contributed by atoms with E-state index in [9.17, 15) is 39.9 Å². The van der Waals surface area contributed by atoms with E-state index in [4.69, 9.17) is 15.0 Å². The van der Waals surface area contributed by atoms with E-state index in [0.29, 0.717) is 89.8 Å². The van der Waals surface area contributed by atoms with E-state index in [2.05, 4.69) is 4.98 Å². The van der Waals surface area contributed by atoms with Crippen LogP contribution >= 0.6 is 0 Å². The largest absolute Gasteiger partial charge is 2.00 e. The number of nitrogens with zero attached hydrogens (tertiary/aromatic N) is 3. The summed E-state index contributed by atoms with van der Waals surface area (Å²) < 4.78 is 0. The van der Waals surface area contributed by atoms with Gasteiger partial charge < -0.3 is 30.5 Å². The maximum absolute atomic E-state index is 11.8. The monoisotopic (exact) mass is 844 g/mol. The zero-order chi connectivity index (χ0) is 41.7. The molecule has 4 aliphatic rings. The number of fused-ring (bicyclic) bond motifs is 5. The number of aromatic carboxylic acids is 3. The molecule has 0 fully saturated rings. The summed E-state index contributed by atoms with van der Waals surface area (Å²) in [6.07, 6.45) is 11.0. The molecular formula is C48H28FeN4O8. The van der Waals surface area contributed by atoms with E-state index in [0.717, 1.165) is 0 Å². The van der Waals surface area contributed by atoms with Gasteiger partial charge in [0.05, 0.1) is 50.9 Å². The molecule has 5 heterocycles. The van der Waals surface area contributed by atoms with Crippen molar-refractivity contribution in [2.45, 2.75) is 0 Å². The summed E-state index contributed by atoms with van der Waals surface area (Å²) in [5.74, 6) is -4.54. The third-order valence-electron chi connectivity index (χ3n) is 10.4. The van der Waals surface area contributed by atoms with Gasteiger partial charge in [-0.15, -0.1) is 0 Å². The fourth-order valence-corrected chi connectivity index (χ4v) is 7.46. The summed E-state index contributed by atoms with van der Waals surface area (Å²) in [7, 11) is 0. The van der Waals surface area contributed by atoms with Crippen molar-refractivity contribution in [2.75, 3.05) is 0 Å². The van der Waals surface area contributed by atoms with Crippen LogP contribution in [-0.2, 0) is 17.1 Å². The summed E-state index contributed by atoms with van der Waals surface area (Å²) in [4.78, 5) is 54.4. The summed E-state index contributed by atoms with van der Waals surface area (Å²) in [5, 5.41) is 53.1. The van der Waals surface area contributed by atoms with Crippen LogP contribution in [0, 0.1) is 0 Å². The van der Waals surface area contributed by atoms with Crippen LogP contribution in [0.25, 0.3) is 28.2 Å². The number of hydrogen-bond donors (Lipinski definition) is 4. The number of aromatic amines is 1. The molecule has 0 spiro atoms. The van der Waals surface area contributed by atoms with Crippen molar-refractivity contribution < 1.29 is 57.0 Å². The molecule has 0 radical (unpaired) electrons. The van der Waals surface area contributed by atoms with Gasteiger partial charge in [-0.2, -0.15) is 5.95 Å². The van der Waals surface area contributed by atoms with E-state index in [1.54, 1.807) is 48.5 Å². The van der Waals surface area contributed by atoms with Gasteiger partial charge >= 0.3 is 35.0 Å². The molecule has 5 aromatic rings. The molecular weight excluding hydrogens is 816 g/mol. The molecule has 4 aliphatic heterocycles. The Hall–Kier alpha value is -8.12. The Morgan fingerprint density at radius 2 is 0.770 bits per heavy atom. The first-order chi connectivity index (χ1) is 29.0. The smallest absolute Gasteiger partial charge is 0.884 e. The van der Waals surface area contributed by atoms with Crippen LogP contribution in [0.2, 0.25) is 0 Å². The molecule has 9 rings (SSSR count). The molecule has 0 atom stereocenters. The van der Waals surface area contributed by atoms with Gasteiger partial charge in [0, 0.05) is 33.7 Å². The molecule has 0 saturated heterocycles. The standard InChI is InChI=1S/C48H30N4O8.Fe/c53-45(54)29-9-1-25(2-10-29)41-33-17-19-35(49-33)42(26-3-11-30(12-4-26)46(55)56)37-21-23-39(51-37)44(28-7-15-32(16-8-28)48(59)60)40-24-22-38(52-40)43(36-20-18-34(41)50-36)27-5-13-31(14-6-27)47(57)58;/h1-24,49,57-58H,(H,53,54)(H,55,56)(H,59,60);/q;+2/p-2. The Balaban J connectivity index is 0.00000514. The van der Waals surface area contributed by atoms with Crippen molar-refractivity contribution in [3.8, 4) is 0 Å². The minimum Gasteiger partial charge on any atom is -0.884 e. The zero-order valence-corrected chi connectivity index (χ0v) is 32.5. The Bertz CT molecular complexity index is 3130. The number of carboxylic acid groups (broad SMARTS) is 3. The number of benzene rings is 4.